The fourth-order valence-electron chi connectivity index (χ4n) is 3.91. The molecule has 0 bridgehead atoms. The number of rotatable bonds is 3. The Bertz CT molecular complexity index is 435. The molecule has 1 aromatic carbocycles. The molecule has 0 radical (unpaired) electrons. The van der Waals surface area contributed by atoms with Gasteiger partial charge in [0, 0.05) is 12.0 Å². The van der Waals surface area contributed by atoms with Crippen LogP contribution >= 0.6 is 12.4 Å². The van der Waals surface area contributed by atoms with Gasteiger partial charge in [-0.3, -0.25) is 4.90 Å². The first-order valence-electron chi connectivity index (χ1n) is 7.25. The second kappa shape index (κ2) is 6.15. The number of hydrogen-bond acceptors (Lipinski definition) is 2. The first kappa shape index (κ1) is 14.7. The molecule has 1 aliphatic heterocycles. The molecule has 2 atom stereocenters. The lowest BCUT2D eigenvalue weighted by atomic mass is 9.79. The molecule has 2 nitrogen and oxygen atoms in total. The molecule has 1 aromatic rings. The predicted octanol–water partition coefficient (Wildman–Crippen LogP) is 3.63. The first-order chi connectivity index (χ1) is 8.85. The Morgan fingerprint density at radius 1 is 1.32 bits per heavy atom. The van der Waals surface area contributed by atoms with Crippen LogP contribution < -0.4 is 4.74 Å². The number of fused-ring (bicyclic) bond motifs is 3. The minimum absolute atomic E-state index is 0. The minimum atomic E-state index is 0. The second-order valence-corrected chi connectivity index (χ2v) is 5.57. The Balaban J connectivity index is 0.00000133. The summed E-state index contributed by atoms with van der Waals surface area (Å²) in [6.07, 6.45) is 5.08. The molecule has 0 spiro atoms. The van der Waals surface area contributed by atoms with E-state index in [2.05, 4.69) is 30.0 Å². The van der Waals surface area contributed by atoms with Gasteiger partial charge < -0.3 is 4.74 Å². The summed E-state index contributed by atoms with van der Waals surface area (Å²) < 4.78 is 5.52. The molecule has 0 aromatic heterocycles. The van der Waals surface area contributed by atoms with E-state index in [1.54, 1.807) is 12.7 Å². The van der Waals surface area contributed by atoms with Gasteiger partial charge in [0.05, 0.1) is 7.11 Å². The van der Waals surface area contributed by atoms with Gasteiger partial charge in [0.15, 0.2) is 0 Å². The Morgan fingerprint density at radius 3 is 2.89 bits per heavy atom. The number of nitrogens with zero attached hydrogens (tertiary/aromatic N) is 1. The molecule has 0 amide bonds. The van der Waals surface area contributed by atoms with E-state index in [4.69, 9.17) is 4.74 Å². The average Bonchev–Trinajstić information content (AvgIpc) is 2.82. The Labute approximate surface area is 122 Å². The lowest BCUT2D eigenvalue weighted by Crippen LogP contribution is -2.35. The summed E-state index contributed by atoms with van der Waals surface area (Å²) in [6, 6.07) is 7.37. The minimum Gasteiger partial charge on any atom is -0.496 e. The lowest BCUT2D eigenvalue weighted by molar-refractivity contribution is 0.226. The molecule has 106 valence electrons. The van der Waals surface area contributed by atoms with Gasteiger partial charge in [-0.2, -0.15) is 0 Å². The third-order valence-electron chi connectivity index (χ3n) is 4.65. The molecular weight excluding hydrogens is 258 g/mol. The van der Waals surface area contributed by atoms with Crippen molar-refractivity contribution in [3.63, 3.8) is 0 Å². The highest BCUT2D eigenvalue weighted by atomic mass is 35.5. The summed E-state index contributed by atoms with van der Waals surface area (Å²) >= 11 is 0. The van der Waals surface area contributed by atoms with Crippen LogP contribution in [0.3, 0.4) is 0 Å². The van der Waals surface area contributed by atoms with Gasteiger partial charge in [0.1, 0.15) is 5.75 Å². The maximum absolute atomic E-state index is 5.52. The van der Waals surface area contributed by atoms with Gasteiger partial charge in [0.2, 0.25) is 0 Å². The van der Waals surface area contributed by atoms with Gasteiger partial charge in [-0.25, -0.2) is 0 Å². The van der Waals surface area contributed by atoms with E-state index in [0.717, 1.165) is 17.7 Å². The van der Waals surface area contributed by atoms with Gasteiger partial charge in [0.25, 0.3) is 0 Å². The summed E-state index contributed by atoms with van der Waals surface area (Å²) in [4.78, 5) is 2.70. The molecule has 0 N–H and O–H groups in total. The summed E-state index contributed by atoms with van der Waals surface area (Å²) in [5.74, 6) is 1.84. The molecule has 2 aliphatic rings. The molecule has 3 heteroatoms. The third kappa shape index (κ3) is 2.48. The van der Waals surface area contributed by atoms with Crippen molar-refractivity contribution in [1.29, 1.82) is 0 Å². The quantitative estimate of drug-likeness (QED) is 0.839. The van der Waals surface area contributed by atoms with Gasteiger partial charge in [-0.15, -0.1) is 12.4 Å². The highest BCUT2D eigenvalue weighted by Gasteiger charge is 2.38. The van der Waals surface area contributed by atoms with E-state index in [1.807, 2.05) is 0 Å². The summed E-state index contributed by atoms with van der Waals surface area (Å²) in [7, 11) is 1.79. The Morgan fingerprint density at radius 2 is 2.16 bits per heavy atom. The largest absolute Gasteiger partial charge is 0.496 e. The van der Waals surface area contributed by atoms with Crippen LogP contribution in [0.1, 0.15) is 43.2 Å². The highest BCUT2D eigenvalue weighted by Crippen LogP contribution is 2.43. The molecule has 1 aliphatic carbocycles. The number of halogens is 1. The number of ether oxygens (including phenoxy) is 1. The molecular formula is C16H24ClNO. The van der Waals surface area contributed by atoms with Crippen molar-refractivity contribution in [2.45, 2.75) is 44.6 Å². The number of hydrogen-bond donors (Lipinski definition) is 0. The zero-order valence-corrected chi connectivity index (χ0v) is 12.7. The molecule has 1 heterocycles. The third-order valence-corrected chi connectivity index (χ3v) is 4.65. The SMILES string of the molecule is CCCN1CCC2c3cccc(OC)c3CCC21.Cl. The average molecular weight is 282 g/mol. The zero-order valence-electron chi connectivity index (χ0n) is 11.9. The monoisotopic (exact) mass is 281 g/mol. The fourth-order valence-corrected chi connectivity index (χ4v) is 3.91. The van der Waals surface area contributed by atoms with E-state index < -0.39 is 0 Å². The Hall–Kier alpha value is -0.730. The number of likely N-dealkylation sites (tertiary alicyclic amines) is 1. The van der Waals surface area contributed by atoms with E-state index >= 15 is 0 Å². The van der Waals surface area contributed by atoms with Crippen LogP contribution in [0.2, 0.25) is 0 Å². The van der Waals surface area contributed by atoms with E-state index in [-0.39, 0.29) is 12.4 Å². The van der Waals surface area contributed by atoms with Gasteiger partial charge in [-0.1, -0.05) is 19.1 Å². The van der Waals surface area contributed by atoms with Crippen LogP contribution in [-0.2, 0) is 6.42 Å². The predicted molar refractivity (Wildman–Crippen MR) is 81.6 cm³/mol. The maximum Gasteiger partial charge on any atom is 0.122 e. The van der Waals surface area contributed by atoms with E-state index in [9.17, 15) is 0 Å². The van der Waals surface area contributed by atoms with Gasteiger partial charge in [-0.05, 0) is 56.0 Å². The van der Waals surface area contributed by atoms with Crippen LogP contribution in [0.4, 0.5) is 0 Å². The molecule has 1 saturated heterocycles. The molecule has 0 saturated carbocycles. The van der Waals surface area contributed by atoms with Crippen molar-refractivity contribution in [3.8, 4) is 5.75 Å². The molecule has 19 heavy (non-hydrogen) atoms. The van der Waals surface area contributed by atoms with Crippen molar-refractivity contribution >= 4 is 12.4 Å². The van der Waals surface area contributed by atoms with Crippen molar-refractivity contribution in [2.24, 2.45) is 0 Å². The fraction of sp³-hybridized carbons (Fsp3) is 0.625. The Kier molecular flexibility index (Phi) is 4.75. The maximum atomic E-state index is 5.52. The van der Waals surface area contributed by atoms with Crippen molar-refractivity contribution < 1.29 is 4.74 Å². The van der Waals surface area contributed by atoms with Crippen LogP contribution in [0.25, 0.3) is 0 Å². The van der Waals surface area contributed by atoms with Crippen molar-refractivity contribution in [3.05, 3.63) is 29.3 Å². The van der Waals surface area contributed by atoms with Crippen LogP contribution in [0.5, 0.6) is 5.75 Å². The van der Waals surface area contributed by atoms with E-state index in [1.165, 1.54) is 44.3 Å². The standard InChI is InChI=1S/C16H23NO.ClH/c1-3-10-17-11-9-13-12-5-4-6-16(18-2)14(12)7-8-15(13)17;/h4-6,13,15H,3,7-11H2,1-2H3;1H. The lowest BCUT2D eigenvalue weighted by Gasteiger charge is -2.33. The molecule has 2 unspecified atom stereocenters. The number of benzene rings is 1. The zero-order chi connectivity index (χ0) is 12.5. The van der Waals surface area contributed by atoms with Crippen molar-refractivity contribution in [1.82, 2.24) is 4.90 Å². The number of methoxy groups -OCH3 is 1. The van der Waals surface area contributed by atoms with Crippen LogP contribution in [0, 0.1) is 0 Å². The highest BCUT2D eigenvalue weighted by molar-refractivity contribution is 5.85. The van der Waals surface area contributed by atoms with Crippen LogP contribution in [-0.4, -0.2) is 31.1 Å². The summed E-state index contributed by atoms with van der Waals surface area (Å²) in [5, 5.41) is 0. The summed E-state index contributed by atoms with van der Waals surface area (Å²) in [5.41, 5.74) is 3.03. The second-order valence-electron chi connectivity index (χ2n) is 5.57. The first-order valence-corrected chi connectivity index (χ1v) is 7.25. The smallest absolute Gasteiger partial charge is 0.122 e. The van der Waals surface area contributed by atoms with Crippen molar-refractivity contribution in [2.75, 3.05) is 20.2 Å². The topological polar surface area (TPSA) is 12.5 Å². The molecule has 1 fully saturated rings. The van der Waals surface area contributed by atoms with E-state index in [0.29, 0.717) is 0 Å². The normalized spacial score (nSPS) is 25.4. The van der Waals surface area contributed by atoms with Gasteiger partial charge >= 0.3 is 0 Å². The van der Waals surface area contributed by atoms with Crippen LogP contribution in [0.15, 0.2) is 18.2 Å². The summed E-state index contributed by atoms with van der Waals surface area (Å²) in [6.45, 7) is 4.83. The molecule has 3 rings (SSSR count).